The summed E-state index contributed by atoms with van der Waals surface area (Å²) in [7, 11) is 0. The Morgan fingerprint density at radius 1 is 1.82 bits per heavy atom. The largest absolute Gasteiger partial charge is 0.372 e. The highest BCUT2D eigenvalue weighted by Crippen LogP contribution is 2.12. The zero-order chi connectivity index (χ0) is 8.27. The molecule has 0 radical (unpaired) electrons. The van der Waals surface area contributed by atoms with Crippen LogP contribution < -0.4 is 5.73 Å². The van der Waals surface area contributed by atoms with Crippen LogP contribution in [-0.2, 0) is 9.53 Å². The summed E-state index contributed by atoms with van der Waals surface area (Å²) in [4.78, 5) is 10.4. The molecule has 0 aromatic rings. The van der Waals surface area contributed by atoms with Gasteiger partial charge in [0.25, 0.3) is 0 Å². The second kappa shape index (κ2) is 3.48. The zero-order valence-corrected chi connectivity index (χ0v) is 6.30. The molecule has 0 aromatic heterocycles. The van der Waals surface area contributed by atoms with Crippen LogP contribution >= 0.6 is 0 Å². The lowest BCUT2D eigenvalue weighted by atomic mass is 10.1. The Hall–Kier alpha value is -0.900. The topological polar surface area (TPSA) is 76.2 Å². The average molecular weight is 156 g/mol. The summed E-state index contributed by atoms with van der Waals surface area (Å²) < 4.78 is 5.18. The Kier molecular flexibility index (Phi) is 2.59. The van der Waals surface area contributed by atoms with Gasteiger partial charge < -0.3 is 15.9 Å². The normalized spacial score (nSPS) is 25.1. The molecule has 11 heavy (non-hydrogen) atoms. The third-order valence-corrected chi connectivity index (χ3v) is 1.69. The lowest BCUT2D eigenvalue weighted by Crippen LogP contribution is -2.29. The second-order valence-electron chi connectivity index (χ2n) is 2.75. The first-order valence-electron chi connectivity index (χ1n) is 3.64. The predicted octanol–water partition coefficient (Wildman–Crippen LogP) is 0.0606. The van der Waals surface area contributed by atoms with Gasteiger partial charge in [0.2, 0.25) is 5.91 Å². The van der Waals surface area contributed by atoms with Crippen molar-refractivity contribution >= 4 is 11.6 Å². The lowest BCUT2D eigenvalue weighted by Gasteiger charge is -2.21. The minimum atomic E-state index is -0.330. The zero-order valence-electron chi connectivity index (χ0n) is 6.30. The SMILES string of the molecule is N=C1CC[C@@H](CC(N)=O)OC1. The van der Waals surface area contributed by atoms with Crippen LogP contribution in [0.15, 0.2) is 0 Å². The summed E-state index contributed by atoms with van der Waals surface area (Å²) in [6.07, 6.45) is 1.72. The molecular weight excluding hydrogens is 144 g/mol. The number of nitrogens with two attached hydrogens (primary N) is 1. The number of hydrogen-bond acceptors (Lipinski definition) is 3. The van der Waals surface area contributed by atoms with Crippen LogP contribution in [0.25, 0.3) is 0 Å². The maximum atomic E-state index is 10.4. The fraction of sp³-hybridized carbons (Fsp3) is 0.714. The molecule has 0 aromatic carbocycles. The Morgan fingerprint density at radius 3 is 3.00 bits per heavy atom. The molecule has 0 spiro atoms. The van der Waals surface area contributed by atoms with Crippen LogP contribution in [0.4, 0.5) is 0 Å². The van der Waals surface area contributed by atoms with E-state index in [1.54, 1.807) is 0 Å². The summed E-state index contributed by atoms with van der Waals surface area (Å²) in [6, 6.07) is 0. The lowest BCUT2D eigenvalue weighted by molar-refractivity contribution is -0.120. The summed E-state index contributed by atoms with van der Waals surface area (Å²) >= 11 is 0. The Balaban J connectivity index is 2.28. The third-order valence-electron chi connectivity index (χ3n) is 1.69. The smallest absolute Gasteiger partial charge is 0.220 e. The standard InChI is InChI=1S/C7H12N2O2/c8-5-1-2-6(11-4-5)3-7(9)10/h6,8H,1-4H2,(H2,9,10)/t6-/m0/s1. The maximum Gasteiger partial charge on any atom is 0.220 e. The molecule has 4 heteroatoms. The maximum absolute atomic E-state index is 10.4. The third kappa shape index (κ3) is 2.67. The van der Waals surface area contributed by atoms with Crippen LogP contribution in [-0.4, -0.2) is 24.3 Å². The molecule has 1 aliphatic heterocycles. The fourth-order valence-electron chi connectivity index (χ4n) is 1.09. The van der Waals surface area contributed by atoms with Crippen molar-refractivity contribution in [3.63, 3.8) is 0 Å². The number of ether oxygens (including phenoxy) is 1. The van der Waals surface area contributed by atoms with Gasteiger partial charge in [-0.25, -0.2) is 0 Å². The van der Waals surface area contributed by atoms with Gasteiger partial charge in [0, 0.05) is 5.71 Å². The van der Waals surface area contributed by atoms with Crippen LogP contribution in [0.5, 0.6) is 0 Å². The van der Waals surface area contributed by atoms with Gasteiger partial charge in [-0.15, -0.1) is 0 Å². The highest BCUT2D eigenvalue weighted by Gasteiger charge is 2.18. The van der Waals surface area contributed by atoms with Crippen molar-refractivity contribution < 1.29 is 9.53 Å². The van der Waals surface area contributed by atoms with E-state index < -0.39 is 0 Å². The van der Waals surface area contributed by atoms with Crippen LogP contribution in [0, 0.1) is 5.41 Å². The quantitative estimate of drug-likeness (QED) is 0.593. The minimum Gasteiger partial charge on any atom is -0.372 e. The van der Waals surface area contributed by atoms with Crippen molar-refractivity contribution in [2.45, 2.75) is 25.4 Å². The van der Waals surface area contributed by atoms with Crippen LogP contribution in [0.1, 0.15) is 19.3 Å². The van der Waals surface area contributed by atoms with Gasteiger partial charge in [-0.1, -0.05) is 0 Å². The number of carbonyl (C=O) groups is 1. The van der Waals surface area contributed by atoms with E-state index in [4.69, 9.17) is 15.9 Å². The van der Waals surface area contributed by atoms with E-state index in [1.807, 2.05) is 0 Å². The van der Waals surface area contributed by atoms with Gasteiger partial charge in [-0.3, -0.25) is 4.79 Å². The first kappa shape index (κ1) is 8.20. The first-order chi connectivity index (χ1) is 5.18. The van der Waals surface area contributed by atoms with Gasteiger partial charge in [0.05, 0.1) is 19.1 Å². The molecule has 1 aliphatic rings. The van der Waals surface area contributed by atoms with E-state index in [9.17, 15) is 4.79 Å². The summed E-state index contributed by atoms with van der Waals surface area (Å²) in [6.45, 7) is 0.359. The Bertz CT molecular complexity index is 169. The van der Waals surface area contributed by atoms with Crippen LogP contribution in [0.3, 0.4) is 0 Å². The van der Waals surface area contributed by atoms with Gasteiger partial charge in [0.1, 0.15) is 0 Å². The molecule has 0 unspecified atom stereocenters. The summed E-state index contributed by atoms with van der Waals surface area (Å²) in [5, 5.41) is 7.22. The number of rotatable bonds is 2. The van der Waals surface area contributed by atoms with Crippen molar-refractivity contribution in [1.82, 2.24) is 0 Å². The molecule has 1 amide bonds. The Labute approximate surface area is 65.2 Å². The number of hydrogen-bond donors (Lipinski definition) is 2. The highest BCUT2D eigenvalue weighted by atomic mass is 16.5. The van der Waals surface area contributed by atoms with E-state index in [-0.39, 0.29) is 18.4 Å². The molecule has 0 bridgehead atoms. The average Bonchev–Trinajstić information content (AvgIpc) is 1.93. The molecule has 0 saturated carbocycles. The van der Waals surface area contributed by atoms with Gasteiger partial charge >= 0.3 is 0 Å². The van der Waals surface area contributed by atoms with Crippen molar-refractivity contribution in [1.29, 1.82) is 5.41 Å². The number of primary amides is 1. The van der Waals surface area contributed by atoms with Gasteiger partial charge in [-0.2, -0.15) is 0 Å². The monoisotopic (exact) mass is 156 g/mol. The molecule has 3 N–H and O–H groups in total. The highest BCUT2D eigenvalue weighted by molar-refractivity contribution is 5.83. The molecule has 62 valence electrons. The molecular formula is C7H12N2O2. The summed E-state index contributed by atoms with van der Waals surface area (Å²) in [5.41, 5.74) is 5.59. The van der Waals surface area contributed by atoms with Crippen molar-refractivity contribution in [2.75, 3.05) is 6.61 Å². The molecule has 4 nitrogen and oxygen atoms in total. The number of nitrogens with one attached hydrogen (secondary N) is 1. The Morgan fingerprint density at radius 2 is 2.55 bits per heavy atom. The second-order valence-corrected chi connectivity index (χ2v) is 2.75. The van der Waals surface area contributed by atoms with Crippen molar-refractivity contribution in [3.8, 4) is 0 Å². The molecule has 1 fully saturated rings. The molecule has 1 heterocycles. The molecule has 1 rings (SSSR count). The van der Waals surface area contributed by atoms with E-state index in [0.717, 1.165) is 12.8 Å². The predicted molar refractivity (Wildman–Crippen MR) is 40.5 cm³/mol. The number of carbonyl (C=O) groups excluding carboxylic acids is 1. The van der Waals surface area contributed by atoms with Crippen molar-refractivity contribution in [2.24, 2.45) is 5.73 Å². The van der Waals surface area contributed by atoms with E-state index in [2.05, 4.69) is 0 Å². The molecule has 1 saturated heterocycles. The summed E-state index contributed by atoms with van der Waals surface area (Å²) in [5.74, 6) is -0.330. The first-order valence-corrected chi connectivity index (χ1v) is 3.64. The molecule has 0 aliphatic carbocycles. The van der Waals surface area contributed by atoms with E-state index in [1.165, 1.54) is 0 Å². The van der Waals surface area contributed by atoms with Crippen molar-refractivity contribution in [3.05, 3.63) is 0 Å². The number of amides is 1. The fourth-order valence-corrected chi connectivity index (χ4v) is 1.09. The van der Waals surface area contributed by atoms with Gasteiger partial charge in [-0.05, 0) is 12.8 Å². The van der Waals surface area contributed by atoms with E-state index >= 15 is 0 Å². The van der Waals surface area contributed by atoms with E-state index in [0.29, 0.717) is 12.3 Å². The van der Waals surface area contributed by atoms with Crippen LogP contribution in [0.2, 0.25) is 0 Å². The van der Waals surface area contributed by atoms with Gasteiger partial charge in [0.15, 0.2) is 0 Å². The minimum absolute atomic E-state index is 0.0541. The molecule has 1 atom stereocenters.